The number of carbonyl (C=O) groups excluding carboxylic acids is 1. The predicted octanol–water partition coefficient (Wildman–Crippen LogP) is 2.95. The van der Waals surface area contributed by atoms with Crippen LogP contribution in [-0.4, -0.2) is 40.6 Å². The second-order valence-corrected chi connectivity index (χ2v) is 6.69. The summed E-state index contributed by atoms with van der Waals surface area (Å²) in [6, 6.07) is 11.9. The quantitative estimate of drug-likeness (QED) is 0.772. The number of halogens is 1. The zero-order chi connectivity index (χ0) is 19.0. The van der Waals surface area contributed by atoms with E-state index in [9.17, 15) is 14.0 Å². The first-order chi connectivity index (χ1) is 13.1. The Labute approximate surface area is 155 Å². The van der Waals surface area contributed by atoms with Crippen LogP contribution in [0.1, 0.15) is 29.2 Å². The van der Waals surface area contributed by atoms with Crippen LogP contribution in [0.15, 0.2) is 47.3 Å². The number of hydrogen-bond acceptors (Lipinski definition) is 3. The van der Waals surface area contributed by atoms with Gasteiger partial charge in [-0.2, -0.15) is 0 Å². The van der Waals surface area contributed by atoms with Crippen molar-refractivity contribution in [3.63, 3.8) is 0 Å². The molecule has 0 saturated carbocycles. The summed E-state index contributed by atoms with van der Waals surface area (Å²) in [7, 11) is 1.39. The summed E-state index contributed by atoms with van der Waals surface area (Å²) in [4.78, 5) is 29.6. The highest BCUT2D eigenvalue weighted by molar-refractivity contribution is 5.94. The number of rotatable bonds is 3. The molecule has 1 aliphatic rings. The summed E-state index contributed by atoms with van der Waals surface area (Å²) in [5, 5.41) is 0. The van der Waals surface area contributed by atoms with Gasteiger partial charge in [-0.1, -0.05) is 12.1 Å². The molecule has 1 N–H and O–H groups in total. The molecule has 0 radical (unpaired) electrons. The van der Waals surface area contributed by atoms with E-state index in [4.69, 9.17) is 4.74 Å². The molecule has 7 heteroatoms. The highest BCUT2D eigenvalue weighted by atomic mass is 19.1. The van der Waals surface area contributed by atoms with E-state index in [1.54, 1.807) is 15.5 Å². The average molecular weight is 369 g/mol. The van der Waals surface area contributed by atoms with Crippen LogP contribution in [-0.2, 0) is 0 Å². The summed E-state index contributed by atoms with van der Waals surface area (Å²) >= 11 is 0. The van der Waals surface area contributed by atoms with Crippen molar-refractivity contribution in [3.8, 4) is 5.75 Å². The number of ether oxygens (including phenoxy) is 1. The molecule has 0 spiro atoms. The largest absolute Gasteiger partial charge is 0.494 e. The van der Waals surface area contributed by atoms with Gasteiger partial charge in [-0.25, -0.2) is 9.18 Å². The molecule has 1 amide bonds. The van der Waals surface area contributed by atoms with Gasteiger partial charge in [0.1, 0.15) is 0 Å². The number of aromatic amines is 1. The number of nitrogens with zero attached hydrogens (tertiary/aromatic N) is 2. The number of H-pyrrole nitrogens is 1. The smallest absolute Gasteiger partial charge is 0.326 e. The lowest BCUT2D eigenvalue weighted by molar-refractivity contribution is 0.0694. The van der Waals surface area contributed by atoms with Crippen LogP contribution in [0.3, 0.4) is 0 Å². The molecule has 3 aromatic rings. The van der Waals surface area contributed by atoms with Gasteiger partial charge in [-0.3, -0.25) is 9.36 Å². The van der Waals surface area contributed by atoms with E-state index < -0.39 is 5.82 Å². The minimum absolute atomic E-state index is 0.0327. The first-order valence-corrected chi connectivity index (χ1v) is 8.90. The van der Waals surface area contributed by atoms with E-state index in [1.807, 2.05) is 24.3 Å². The summed E-state index contributed by atoms with van der Waals surface area (Å²) in [5.41, 5.74) is 1.87. The second-order valence-electron chi connectivity index (χ2n) is 6.69. The lowest BCUT2D eigenvalue weighted by Gasteiger charge is -2.32. The molecule has 4 rings (SSSR count). The number of para-hydroxylation sites is 2. The maximum Gasteiger partial charge on any atom is 0.326 e. The van der Waals surface area contributed by atoms with Crippen molar-refractivity contribution in [2.45, 2.75) is 18.9 Å². The molecule has 2 heterocycles. The lowest BCUT2D eigenvalue weighted by atomic mass is 10.0. The van der Waals surface area contributed by atoms with Crippen LogP contribution in [0.2, 0.25) is 0 Å². The number of hydrogen-bond donors (Lipinski definition) is 1. The molecular formula is C20H20FN3O3. The molecule has 1 aliphatic heterocycles. The molecule has 0 bridgehead atoms. The van der Waals surface area contributed by atoms with Crippen molar-refractivity contribution in [1.29, 1.82) is 0 Å². The third-order valence-electron chi connectivity index (χ3n) is 5.14. The Kier molecular flexibility index (Phi) is 4.43. The van der Waals surface area contributed by atoms with E-state index in [0.717, 1.165) is 11.0 Å². The van der Waals surface area contributed by atoms with Crippen molar-refractivity contribution >= 4 is 16.9 Å². The molecule has 2 aromatic carbocycles. The SMILES string of the molecule is COc1ccc(C(=O)N2CCC(n3c(=O)[nH]c4ccccc43)CC2)cc1F. The van der Waals surface area contributed by atoms with E-state index in [1.165, 1.54) is 19.2 Å². The van der Waals surface area contributed by atoms with Crippen molar-refractivity contribution in [2.75, 3.05) is 20.2 Å². The van der Waals surface area contributed by atoms with Crippen LogP contribution in [0.5, 0.6) is 5.75 Å². The summed E-state index contributed by atoms with van der Waals surface area (Å²) < 4.78 is 20.6. The van der Waals surface area contributed by atoms with Gasteiger partial charge >= 0.3 is 5.69 Å². The molecule has 27 heavy (non-hydrogen) atoms. The normalized spacial score (nSPS) is 15.3. The van der Waals surface area contributed by atoms with E-state index in [2.05, 4.69) is 4.98 Å². The number of aromatic nitrogens is 2. The highest BCUT2D eigenvalue weighted by Crippen LogP contribution is 2.26. The Hall–Kier alpha value is -3.09. The van der Waals surface area contributed by atoms with Gasteiger partial charge in [0.2, 0.25) is 0 Å². The number of imidazole rings is 1. The van der Waals surface area contributed by atoms with Crippen LogP contribution < -0.4 is 10.4 Å². The third kappa shape index (κ3) is 3.09. The van der Waals surface area contributed by atoms with Gasteiger partial charge < -0.3 is 14.6 Å². The fourth-order valence-electron chi connectivity index (χ4n) is 3.75. The van der Waals surface area contributed by atoms with Crippen molar-refractivity contribution < 1.29 is 13.9 Å². The molecular weight excluding hydrogens is 349 g/mol. The molecule has 1 fully saturated rings. The molecule has 1 saturated heterocycles. The number of methoxy groups -OCH3 is 1. The maximum atomic E-state index is 13.9. The molecule has 0 atom stereocenters. The fraction of sp³-hybridized carbons (Fsp3) is 0.300. The molecule has 0 unspecified atom stereocenters. The van der Waals surface area contributed by atoms with Gasteiger partial charge in [0, 0.05) is 24.7 Å². The zero-order valence-electron chi connectivity index (χ0n) is 14.9. The monoisotopic (exact) mass is 369 g/mol. The van der Waals surface area contributed by atoms with Gasteiger partial charge in [0.15, 0.2) is 11.6 Å². The standard InChI is InChI=1S/C20H20FN3O3/c1-27-18-7-6-13(12-15(18)21)19(25)23-10-8-14(9-11-23)24-17-5-3-2-4-16(17)22-20(24)26/h2-7,12,14H,8-11H2,1H3,(H,22,26). The lowest BCUT2D eigenvalue weighted by Crippen LogP contribution is -2.40. The van der Waals surface area contributed by atoms with Crippen LogP contribution in [0, 0.1) is 5.82 Å². The number of amides is 1. The second kappa shape index (κ2) is 6.90. The molecule has 140 valence electrons. The van der Waals surface area contributed by atoms with Gasteiger partial charge in [-0.15, -0.1) is 0 Å². The first kappa shape index (κ1) is 17.3. The summed E-state index contributed by atoms with van der Waals surface area (Å²) in [6.07, 6.45) is 1.35. The number of fused-ring (bicyclic) bond motifs is 1. The van der Waals surface area contributed by atoms with Crippen molar-refractivity contribution in [2.24, 2.45) is 0 Å². The third-order valence-corrected chi connectivity index (χ3v) is 5.14. The highest BCUT2D eigenvalue weighted by Gasteiger charge is 2.27. The average Bonchev–Trinajstić information content (AvgIpc) is 3.03. The van der Waals surface area contributed by atoms with E-state index in [-0.39, 0.29) is 23.4 Å². The van der Waals surface area contributed by atoms with E-state index >= 15 is 0 Å². The molecule has 1 aromatic heterocycles. The Morgan fingerprint density at radius 2 is 1.93 bits per heavy atom. The minimum Gasteiger partial charge on any atom is -0.494 e. The number of benzene rings is 2. The van der Waals surface area contributed by atoms with Gasteiger partial charge in [0.05, 0.1) is 18.1 Å². The first-order valence-electron chi connectivity index (χ1n) is 8.90. The van der Waals surface area contributed by atoms with Crippen LogP contribution in [0.25, 0.3) is 11.0 Å². The minimum atomic E-state index is -0.552. The Morgan fingerprint density at radius 1 is 1.19 bits per heavy atom. The number of carbonyl (C=O) groups is 1. The topological polar surface area (TPSA) is 67.3 Å². The fourth-order valence-corrected chi connectivity index (χ4v) is 3.75. The Bertz CT molecular complexity index is 1050. The van der Waals surface area contributed by atoms with Gasteiger partial charge in [-0.05, 0) is 43.2 Å². The number of piperidine rings is 1. The van der Waals surface area contributed by atoms with Crippen molar-refractivity contribution in [1.82, 2.24) is 14.5 Å². The van der Waals surface area contributed by atoms with Gasteiger partial charge in [0.25, 0.3) is 5.91 Å². The number of nitrogens with one attached hydrogen (secondary N) is 1. The molecule has 6 nitrogen and oxygen atoms in total. The summed E-state index contributed by atoms with van der Waals surface area (Å²) in [5.74, 6) is -0.645. The van der Waals surface area contributed by atoms with E-state index in [0.29, 0.717) is 31.5 Å². The Balaban J connectivity index is 1.50. The van der Waals surface area contributed by atoms with Crippen LogP contribution in [0.4, 0.5) is 4.39 Å². The number of likely N-dealkylation sites (tertiary alicyclic amines) is 1. The predicted molar refractivity (Wildman–Crippen MR) is 99.7 cm³/mol. The maximum absolute atomic E-state index is 13.9. The zero-order valence-corrected chi connectivity index (χ0v) is 14.9. The molecule has 0 aliphatic carbocycles. The van der Waals surface area contributed by atoms with Crippen molar-refractivity contribution in [3.05, 3.63) is 64.3 Å². The summed E-state index contributed by atoms with van der Waals surface area (Å²) in [6.45, 7) is 1.03. The Morgan fingerprint density at radius 3 is 2.63 bits per heavy atom. The van der Waals surface area contributed by atoms with Crippen LogP contribution >= 0.6 is 0 Å².